The number of carbonyl (C=O) groups excluding carboxylic acids is 1. The SMILES string of the molecule is Cc1cc(F)ccc1S(=O)(=O)N1CCSC1C(=O)O[C@@H](Cc1c(Cl)c[n+]([O-])cc1Cl)c1ccc(OC(F)F)c(OCC2CC2)c1. The molecule has 242 valence electrons. The Morgan fingerprint density at radius 1 is 1.13 bits per heavy atom. The molecule has 16 heteroatoms. The second kappa shape index (κ2) is 13.8. The van der Waals surface area contributed by atoms with Gasteiger partial charge >= 0.3 is 12.6 Å². The summed E-state index contributed by atoms with van der Waals surface area (Å²) in [5.41, 5.74) is 0.710. The highest BCUT2D eigenvalue weighted by molar-refractivity contribution is 8.02. The number of ether oxygens (including phenoxy) is 3. The smallest absolute Gasteiger partial charge is 0.387 e. The van der Waals surface area contributed by atoms with Crippen LogP contribution in [0, 0.1) is 23.9 Å². The first-order valence-corrected chi connectivity index (χ1v) is 17.0. The van der Waals surface area contributed by atoms with Gasteiger partial charge in [-0.3, -0.25) is 0 Å². The van der Waals surface area contributed by atoms with Crippen molar-refractivity contribution in [1.29, 1.82) is 0 Å². The summed E-state index contributed by atoms with van der Waals surface area (Å²) >= 11 is 13.7. The van der Waals surface area contributed by atoms with E-state index in [1.807, 2.05) is 0 Å². The van der Waals surface area contributed by atoms with Crippen LogP contribution in [-0.4, -0.2) is 49.6 Å². The molecule has 1 aromatic heterocycles. The molecule has 9 nitrogen and oxygen atoms in total. The summed E-state index contributed by atoms with van der Waals surface area (Å²) in [5, 5.41) is 10.5. The largest absolute Gasteiger partial charge is 0.619 e. The van der Waals surface area contributed by atoms with Crippen LogP contribution < -0.4 is 14.2 Å². The predicted molar refractivity (Wildman–Crippen MR) is 161 cm³/mol. The summed E-state index contributed by atoms with van der Waals surface area (Å²) in [6, 6.07) is 7.30. The third-order valence-corrected chi connectivity index (χ3v) is 11.2. The van der Waals surface area contributed by atoms with Crippen LogP contribution in [0.1, 0.15) is 35.6 Å². The molecule has 2 aromatic carbocycles. The molecule has 1 saturated heterocycles. The van der Waals surface area contributed by atoms with Crippen molar-refractivity contribution in [3.05, 3.63) is 86.6 Å². The number of hydrogen-bond donors (Lipinski definition) is 0. The standard InChI is InChI=1S/C29H27Cl2F3N2O7S2/c1-16-10-19(32)5-7-26(16)45(39,40)36-8-9-44-27(36)28(37)42-24(12-20-21(30)13-35(38)14-22(20)31)18-4-6-23(43-29(33)34)25(11-18)41-15-17-2-3-17/h4-7,10-11,13-14,17,24,27,29H,2-3,8-9,12,15H2,1H3/t24-,27?/m0/s1. The van der Waals surface area contributed by atoms with E-state index in [-0.39, 0.29) is 74.4 Å². The molecule has 1 saturated carbocycles. The lowest BCUT2D eigenvalue weighted by molar-refractivity contribution is -0.605. The molecule has 0 amide bonds. The van der Waals surface area contributed by atoms with Gasteiger partial charge in [0, 0.05) is 24.3 Å². The Morgan fingerprint density at radius 2 is 1.84 bits per heavy atom. The van der Waals surface area contributed by atoms with Crippen molar-refractivity contribution in [3.63, 3.8) is 0 Å². The van der Waals surface area contributed by atoms with Crippen LogP contribution in [0.4, 0.5) is 13.2 Å². The zero-order valence-electron chi connectivity index (χ0n) is 23.6. The first kappa shape index (κ1) is 33.5. The van der Waals surface area contributed by atoms with Crippen LogP contribution in [0.2, 0.25) is 10.0 Å². The molecule has 1 aliphatic carbocycles. The van der Waals surface area contributed by atoms with Crippen LogP contribution in [-0.2, 0) is 26.0 Å². The van der Waals surface area contributed by atoms with Crippen molar-refractivity contribution < 1.29 is 45.3 Å². The lowest BCUT2D eigenvalue weighted by Crippen LogP contribution is -2.41. The quantitative estimate of drug-likeness (QED) is 0.127. The topological polar surface area (TPSA) is 109 Å². The average molecular weight is 708 g/mol. The predicted octanol–water partition coefficient (Wildman–Crippen LogP) is 6.06. The zero-order chi connectivity index (χ0) is 32.5. The summed E-state index contributed by atoms with van der Waals surface area (Å²) in [6.07, 6.45) is 2.66. The van der Waals surface area contributed by atoms with Gasteiger partial charge in [0.1, 0.15) is 22.0 Å². The maximum absolute atomic E-state index is 13.7. The zero-order valence-corrected chi connectivity index (χ0v) is 26.8. The molecular weight excluding hydrogens is 680 g/mol. The van der Waals surface area contributed by atoms with E-state index in [1.165, 1.54) is 25.1 Å². The minimum absolute atomic E-state index is 0.00497. The van der Waals surface area contributed by atoms with Crippen molar-refractivity contribution in [2.24, 2.45) is 5.92 Å². The van der Waals surface area contributed by atoms with Gasteiger partial charge in [0.15, 0.2) is 29.3 Å². The Balaban J connectivity index is 1.48. The molecule has 0 N–H and O–H groups in total. The van der Waals surface area contributed by atoms with Crippen molar-refractivity contribution in [1.82, 2.24) is 4.31 Å². The minimum atomic E-state index is -4.23. The molecule has 0 radical (unpaired) electrons. The van der Waals surface area contributed by atoms with Crippen LogP contribution in [0.5, 0.6) is 11.5 Å². The fourth-order valence-corrected chi connectivity index (χ4v) is 8.63. The number of hydrogen-bond acceptors (Lipinski definition) is 8. The Morgan fingerprint density at radius 3 is 2.49 bits per heavy atom. The highest BCUT2D eigenvalue weighted by atomic mass is 35.5. The molecule has 3 aromatic rings. The number of aryl methyl sites for hydroxylation is 1. The fourth-order valence-electron chi connectivity index (χ4n) is 4.78. The lowest BCUT2D eigenvalue weighted by Gasteiger charge is -2.26. The Labute approximate surface area is 271 Å². The number of sulfonamides is 1. The Kier molecular flexibility index (Phi) is 10.3. The molecular formula is C29H27Cl2F3N2O7S2. The van der Waals surface area contributed by atoms with Gasteiger partial charge in [-0.1, -0.05) is 29.3 Å². The molecule has 0 spiro atoms. The van der Waals surface area contributed by atoms with Crippen LogP contribution >= 0.6 is 35.0 Å². The van der Waals surface area contributed by atoms with Crippen molar-refractivity contribution >= 4 is 51.0 Å². The molecule has 2 aliphatic rings. The van der Waals surface area contributed by atoms with Crippen LogP contribution in [0.3, 0.4) is 0 Å². The number of esters is 1. The number of aromatic nitrogens is 1. The molecule has 1 unspecified atom stereocenters. The van der Waals surface area contributed by atoms with Gasteiger partial charge in [-0.2, -0.15) is 17.8 Å². The number of alkyl halides is 2. The molecule has 2 fully saturated rings. The van der Waals surface area contributed by atoms with E-state index >= 15 is 0 Å². The molecule has 1 aliphatic heterocycles. The highest BCUT2D eigenvalue weighted by Gasteiger charge is 2.43. The van der Waals surface area contributed by atoms with Gasteiger partial charge in [-0.25, -0.2) is 17.6 Å². The van der Waals surface area contributed by atoms with E-state index in [2.05, 4.69) is 4.74 Å². The number of nitrogens with zero attached hydrogens (tertiary/aromatic N) is 2. The minimum Gasteiger partial charge on any atom is -0.619 e. The normalized spacial score (nSPS) is 17.8. The Bertz CT molecular complexity index is 1670. The maximum Gasteiger partial charge on any atom is 0.387 e. The van der Waals surface area contributed by atoms with Crippen LogP contribution in [0.25, 0.3) is 0 Å². The summed E-state index contributed by atoms with van der Waals surface area (Å²) in [4.78, 5) is 13.6. The first-order valence-electron chi connectivity index (χ1n) is 13.7. The van der Waals surface area contributed by atoms with Gasteiger partial charge in [0.25, 0.3) is 0 Å². The maximum atomic E-state index is 13.7. The lowest BCUT2D eigenvalue weighted by atomic mass is 10.0. The summed E-state index contributed by atoms with van der Waals surface area (Å²) in [5.74, 6) is -1.19. The molecule has 45 heavy (non-hydrogen) atoms. The van der Waals surface area contributed by atoms with E-state index in [9.17, 15) is 31.6 Å². The molecule has 2 atom stereocenters. The second-order valence-electron chi connectivity index (χ2n) is 10.5. The van der Waals surface area contributed by atoms with Gasteiger partial charge in [-0.05, 0) is 67.1 Å². The first-order chi connectivity index (χ1) is 21.3. The highest BCUT2D eigenvalue weighted by Crippen LogP contribution is 2.39. The summed E-state index contributed by atoms with van der Waals surface area (Å²) in [6.45, 7) is -1.41. The van der Waals surface area contributed by atoms with E-state index in [0.29, 0.717) is 4.73 Å². The number of carbonyl (C=O) groups is 1. The van der Waals surface area contributed by atoms with Gasteiger partial charge in [0.2, 0.25) is 10.0 Å². The number of thioether (sulfide) groups is 1. The van der Waals surface area contributed by atoms with Crippen LogP contribution in [0.15, 0.2) is 53.7 Å². The molecule has 0 bridgehead atoms. The third-order valence-electron chi connectivity index (χ3n) is 7.21. The van der Waals surface area contributed by atoms with Crippen molar-refractivity contribution in [3.8, 4) is 11.5 Å². The number of halogens is 5. The van der Waals surface area contributed by atoms with Gasteiger partial charge in [-0.15, -0.1) is 11.8 Å². The number of benzene rings is 2. The van der Waals surface area contributed by atoms with E-state index in [0.717, 1.165) is 59.5 Å². The monoisotopic (exact) mass is 706 g/mol. The second-order valence-corrected chi connectivity index (χ2v) is 14.4. The number of rotatable bonds is 12. The number of pyridine rings is 1. The fraction of sp³-hybridized carbons (Fsp3) is 0.379. The van der Waals surface area contributed by atoms with Gasteiger partial charge in [0.05, 0.1) is 11.5 Å². The van der Waals surface area contributed by atoms with E-state index < -0.39 is 39.9 Å². The van der Waals surface area contributed by atoms with E-state index in [1.54, 1.807) is 0 Å². The summed E-state index contributed by atoms with van der Waals surface area (Å²) in [7, 11) is -4.23. The molecule has 5 rings (SSSR count). The average Bonchev–Trinajstić information content (AvgIpc) is 3.64. The summed E-state index contributed by atoms with van der Waals surface area (Å²) < 4.78 is 84.9. The third kappa shape index (κ3) is 7.91. The van der Waals surface area contributed by atoms with Crippen molar-refractivity contribution in [2.75, 3.05) is 18.9 Å². The van der Waals surface area contributed by atoms with E-state index in [4.69, 9.17) is 32.7 Å². The van der Waals surface area contributed by atoms with Gasteiger partial charge < -0.3 is 19.4 Å². The van der Waals surface area contributed by atoms with Crippen molar-refractivity contribution in [2.45, 2.75) is 49.2 Å². The Hall–Kier alpha value is -2.91. The molecule has 2 heterocycles.